The van der Waals surface area contributed by atoms with E-state index in [-0.39, 0.29) is 5.97 Å². The number of carbonyl (C=O) groups is 1. The molecule has 0 fully saturated rings. The van der Waals surface area contributed by atoms with Gasteiger partial charge in [0, 0.05) is 34.8 Å². The molecule has 3 aromatic rings. The Morgan fingerprint density at radius 2 is 1.43 bits per heavy atom. The van der Waals surface area contributed by atoms with Crippen LogP contribution < -0.4 is 0 Å². The molecule has 0 saturated heterocycles. The zero-order chi connectivity index (χ0) is 19.9. The van der Waals surface area contributed by atoms with Crippen molar-refractivity contribution in [3.8, 4) is 19.5 Å². The molecule has 5 heteroatoms. The smallest absolute Gasteiger partial charge is 0.333 e. The topological polar surface area (TPSA) is 26.3 Å². The van der Waals surface area contributed by atoms with E-state index in [1.807, 2.05) is 28.7 Å². The van der Waals surface area contributed by atoms with Crippen LogP contribution in [-0.4, -0.2) is 5.97 Å². The van der Waals surface area contributed by atoms with Crippen LogP contribution in [0.4, 0.5) is 0 Å². The molecule has 2 nitrogen and oxygen atoms in total. The number of unbranched alkanes of at least 4 members (excludes halogenated alkanes) is 3. The summed E-state index contributed by atoms with van der Waals surface area (Å²) in [4.78, 5) is 19.2. The molecule has 3 heterocycles. The number of rotatable bonds is 10. The van der Waals surface area contributed by atoms with Gasteiger partial charge in [-0.05, 0) is 56.2 Å². The fourth-order valence-electron chi connectivity index (χ4n) is 2.82. The predicted molar refractivity (Wildman–Crippen MR) is 123 cm³/mol. The zero-order valence-electron chi connectivity index (χ0n) is 16.5. The van der Waals surface area contributed by atoms with Crippen molar-refractivity contribution in [2.24, 2.45) is 0 Å². The van der Waals surface area contributed by atoms with Gasteiger partial charge in [-0.25, -0.2) is 4.79 Å². The zero-order valence-corrected chi connectivity index (χ0v) is 18.9. The lowest BCUT2D eigenvalue weighted by molar-refractivity contribution is -0.140. The first kappa shape index (κ1) is 21.0. The maximum Gasteiger partial charge on any atom is 0.333 e. The highest BCUT2D eigenvalue weighted by atomic mass is 32.1. The second kappa shape index (κ2) is 10.2. The number of ether oxygens (including phenoxy) is 1. The lowest BCUT2D eigenvalue weighted by atomic mass is 10.1. The second-order valence-electron chi connectivity index (χ2n) is 6.86. The summed E-state index contributed by atoms with van der Waals surface area (Å²) < 4.78 is 5.24. The third-order valence-corrected chi connectivity index (χ3v) is 8.07. The highest BCUT2D eigenvalue weighted by Crippen LogP contribution is 2.40. The van der Waals surface area contributed by atoms with Crippen LogP contribution in [0.25, 0.3) is 19.5 Å². The van der Waals surface area contributed by atoms with Crippen molar-refractivity contribution in [1.29, 1.82) is 0 Å². The van der Waals surface area contributed by atoms with E-state index in [9.17, 15) is 4.79 Å². The van der Waals surface area contributed by atoms with Crippen LogP contribution >= 0.6 is 34.0 Å². The molecule has 0 aliphatic rings. The average molecular weight is 431 g/mol. The summed E-state index contributed by atoms with van der Waals surface area (Å²) in [6.07, 6.45) is 6.43. The Morgan fingerprint density at radius 1 is 0.857 bits per heavy atom. The first-order valence-corrected chi connectivity index (χ1v) is 12.1. The lowest BCUT2D eigenvalue weighted by Gasteiger charge is -2.01. The fourth-order valence-corrected chi connectivity index (χ4v) is 5.98. The highest BCUT2D eigenvalue weighted by Gasteiger charge is 2.11. The molecule has 0 saturated carbocycles. The maximum absolute atomic E-state index is 11.5. The Labute approximate surface area is 179 Å². The monoisotopic (exact) mass is 430 g/mol. The maximum atomic E-state index is 11.5. The minimum absolute atomic E-state index is 0.306. The van der Waals surface area contributed by atoms with Crippen LogP contribution in [-0.2, 0) is 22.6 Å². The van der Waals surface area contributed by atoms with Gasteiger partial charge in [0.05, 0.1) is 0 Å². The van der Waals surface area contributed by atoms with Crippen molar-refractivity contribution in [2.45, 2.75) is 52.6 Å². The van der Waals surface area contributed by atoms with Crippen LogP contribution in [0.2, 0.25) is 0 Å². The van der Waals surface area contributed by atoms with Gasteiger partial charge < -0.3 is 4.74 Å². The van der Waals surface area contributed by atoms with E-state index in [1.165, 1.54) is 56.5 Å². The molecular formula is C23H26O2S3. The predicted octanol–water partition coefficient (Wildman–Crippen LogP) is 7.95. The van der Waals surface area contributed by atoms with Crippen LogP contribution in [0.1, 0.15) is 49.3 Å². The minimum Gasteiger partial charge on any atom is -0.457 e. The molecule has 0 atom stereocenters. The van der Waals surface area contributed by atoms with Gasteiger partial charge in [0.25, 0.3) is 0 Å². The largest absolute Gasteiger partial charge is 0.457 e. The molecule has 0 aliphatic heterocycles. The summed E-state index contributed by atoms with van der Waals surface area (Å²) >= 11 is 5.42. The normalized spacial score (nSPS) is 10.9. The van der Waals surface area contributed by atoms with Crippen molar-refractivity contribution in [3.63, 3.8) is 0 Å². The summed E-state index contributed by atoms with van der Waals surface area (Å²) in [6.45, 7) is 7.83. The summed E-state index contributed by atoms with van der Waals surface area (Å²) in [5, 5.41) is 0. The standard InChI is InChI=1S/C23H26O2S3/c1-4-5-6-7-8-17-9-11-19(26-17)21-13-14-22(28-21)20-12-10-18(27-20)15-25-23(24)16(2)3/h9-14H,2,4-8,15H2,1,3H3. The minimum atomic E-state index is -0.337. The number of hydrogen-bond donors (Lipinski definition) is 0. The summed E-state index contributed by atoms with van der Waals surface area (Å²) in [5.74, 6) is -0.337. The third-order valence-electron chi connectivity index (χ3n) is 4.39. The molecule has 148 valence electrons. The van der Waals surface area contributed by atoms with Gasteiger partial charge in [0.1, 0.15) is 6.61 Å². The Morgan fingerprint density at radius 3 is 2.07 bits per heavy atom. The average Bonchev–Trinajstić information content (AvgIpc) is 3.43. The quantitative estimate of drug-likeness (QED) is 0.185. The molecule has 0 aromatic carbocycles. The SMILES string of the molecule is C=C(C)C(=O)OCc1ccc(-c2ccc(-c3ccc(CCCCCC)s3)s2)s1. The van der Waals surface area contributed by atoms with E-state index in [0.29, 0.717) is 12.2 Å². The molecule has 28 heavy (non-hydrogen) atoms. The van der Waals surface area contributed by atoms with Crippen LogP contribution in [0, 0.1) is 0 Å². The molecule has 0 amide bonds. The van der Waals surface area contributed by atoms with Crippen molar-refractivity contribution in [1.82, 2.24) is 0 Å². The van der Waals surface area contributed by atoms with Crippen molar-refractivity contribution in [3.05, 3.63) is 58.3 Å². The Hall–Kier alpha value is -1.69. The molecule has 0 N–H and O–H groups in total. The molecule has 0 aliphatic carbocycles. The van der Waals surface area contributed by atoms with E-state index in [1.54, 1.807) is 18.3 Å². The first-order chi connectivity index (χ1) is 13.6. The molecule has 0 radical (unpaired) electrons. The van der Waals surface area contributed by atoms with E-state index in [4.69, 9.17) is 4.74 Å². The van der Waals surface area contributed by atoms with Gasteiger partial charge in [0.2, 0.25) is 0 Å². The Bertz CT molecular complexity index is 929. The van der Waals surface area contributed by atoms with Crippen molar-refractivity contribution in [2.75, 3.05) is 0 Å². The van der Waals surface area contributed by atoms with Crippen LogP contribution in [0.3, 0.4) is 0 Å². The molecule has 3 rings (SSSR count). The van der Waals surface area contributed by atoms with E-state index < -0.39 is 0 Å². The van der Waals surface area contributed by atoms with Gasteiger partial charge in [0.15, 0.2) is 0 Å². The first-order valence-electron chi connectivity index (χ1n) is 9.67. The molecule has 0 spiro atoms. The third kappa shape index (κ3) is 5.66. The van der Waals surface area contributed by atoms with Gasteiger partial charge in [-0.1, -0.05) is 32.8 Å². The van der Waals surface area contributed by atoms with Crippen LogP contribution in [0.15, 0.2) is 48.6 Å². The number of thiophene rings is 3. The van der Waals surface area contributed by atoms with Crippen molar-refractivity contribution >= 4 is 40.0 Å². The molecular weight excluding hydrogens is 404 g/mol. The van der Waals surface area contributed by atoms with Gasteiger partial charge in [-0.15, -0.1) is 34.0 Å². The van der Waals surface area contributed by atoms with Crippen LogP contribution in [0.5, 0.6) is 0 Å². The Balaban J connectivity index is 1.61. The molecule has 3 aromatic heterocycles. The van der Waals surface area contributed by atoms with Gasteiger partial charge in [-0.3, -0.25) is 0 Å². The van der Waals surface area contributed by atoms with E-state index >= 15 is 0 Å². The highest BCUT2D eigenvalue weighted by molar-refractivity contribution is 7.26. The fraction of sp³-hybridized carbons (Fsp3) is 0.348. The van der Waals surface area contributed by atoms with E-state index in [2.05, 4.69) is 43.8 Å². The molecule has 0 unspecified atom stereocenters. The second-order valence-corrected chi connectivity index (χ2v) is 10.3. The van der Waals surface area contributed by atoms with Gasteiger partial charge >= 0.3 is 5.97 Å². The number of carbonyl (C=O) groups excluding carboxylic acids is 1. The summed E-state index contributed by atoms with van der Waals surface area (Å²) in [6, 6.07) is 13.1. The number of esters is 1. The Kier molecular flexibility index (Phi) is 7.65. The van der Waals surface area contributed by atoms with E-state index in [0.717, 1.165) is 4.88 Å². The van der Waals surface area contributed by atoms with Crippen molar-refractivity contribution < 1.29 is 9.53 Å². The summed E-state index contributed by atoms with van der Waals surface area (Å²) in [7, 11) is 0. The lowest BCUT2D eigenvalue weighted by Crippen LogP contribution is -2.03. The molecule has 0 bridgehead atoms. The summed E-state index contributed by atoms with van der Waals surface area (Å²) in [5.41, 5.74) is 0.431. The number of aryl methyl sites for hydroxylation is 1. The number of hydrogen-bond acceptors (Lipinski definition) is 5. The van der Waals surface area contributed by atoms with Gasteiger partial charge in [-0.2, -0.15) is 0 Å².